The highest BCUT2D eigenvalue weighted by Crippen LogP contribution is 2.31. The summed E-state index contributed by atoms with van der Waals surface area (Å²) in [6, 6.07) is 14.6. The van der Waals surface area contributed by atoms with Crippen LogP contribution in [0.15, 0.2) is 54.9 Å². The van der Waals surface area contributed by atoms with Crippen LogP contribution in [0.3, 0.4) is 0 Å². The second-order valence-corrected chi connectivity index (χ2v) is 5.87. The highest BCUT2D eigenvalue weighted by molar-refractivity contribution is 5.89. The summed E-state index contributed by atoms with van der Waals surface area (Å²) in [7, 11) is 3.20. The highest BCUT2D eigenvalue weighted by Gasteiger charge is 2.07. The maximum atomic E-state index is 11.2. The first-order valence-electron chi connectivity index (χ1n) is 8.53. The van der Waals surface area contributed by atoms with Crippen molar-refractivity contribution in [1.29, 1.82) is 0 Å². The third-order valence-corrected chi connectivity index (χ3v) is 3.79. The number of benzene rings is 2. The molecule has 0 radical (unpaired) electrons. The van der Waals surface area contributed by atoms with Gasteiger partial charge in [-0.15, -0.1) is 0 Å². The predicted molar refractivity (Wildman–Crippen MR) is 109 cm³/mol. The molecule has 144 valence electrons. The fourth-order valence-electron chi connectivity index (χ4n) is 2.57. The standard InChI is InChI=1S/C20H21N5O3/c1-13(26)23-14-5-4-6-15(9-14)24-19-11-20(22-12-21-19)25-17-10-16(27-2)7-8-18(17)28-3/h4-12H,1-3H3,(H,23,26)(H2,21,22,24,25). The number of carbonyl (C=O) groups excluding carboxylic acids is 1. The van der Waals surface area contributed by atoms with Crippen LogP contribution in [0.1, 0.15) is 6.92 Å². The molecule has 28 heavy (non-hydrogen) atoms. The summed E-state index contributed by atoms with van der Waals surface area (Å²) < 4.78 is 10.6. The van der Waals surface area contributed by atoms with E-state index in [0.29, 0.717) is 28.8 Å². The largest absolute Gasteiger partial charge is 0.497 e. The lowest BCUT2D eigenvalue weighted by molar-refractivity contribution is -0.114. The molecule has 0 saturated carbocycles. The van der Waals surface area contributed by atoms with Gasteiger partial charge >= 0.3 is 0 Å². The van der Waals surface area contributed by atoms with E-state index in [-0.39, 0.29) is 5.91 Å². The molecule has 0 unspecified atom stereocenters. The van der Waals surface area contributed by atoms with Gasteiger partial charge in [0.2, 0.25) is 5.91 Å². The number of rotatable bonds is 7. The molecular formula is C20H21N5O3. The van der Waals surface area contributed by atoms with Gasteiger partial charge in [-0.25, -0.2) is 9.97 Å². The van der Waals surface area contributed by atoms with Gasteiger partial charge in [0, 0.05) is 30.4 Å². The molecule has 8 heteroatoms. The van der Waals surface area contributed by atoms with Crippen molar-refractivity contribution in [2.75, 3.05) is 30.2 Å². The first kappa shape index (κ1) is 19.0. The van der Waals surface area contributed by atoms with E-state index in [4.69, 9.17) is 9.47 Å². The Balaban J connectivity index is 1.79. The lowest BCUT2D eigenvalue weighted by Crippen LogP contribution is -2.06. The summed E-state index contributed by atoms with van der Waals surface area (Å²) in [5, 5.41) is 9.15. The number of hydrogen-bond donors (Lipinski definition) is 3. The van der Waals surface area contributed by atoms with E-state index in [2.05, 4.69) is 25.9 Å². The number of anilines is 5. The Kier molecular flexibility index (Phi) is 5.91. The molecule has 1 amide bonds. The lowest BCUT2D eigenvalue weighted by atomic mass is 10.2. The van der Waals surface area contributed by atoms with Crippen LogP contribution in [0.2, 0.25) is 0 Å². The van der Waals surface area contributed by atoms with Gasteiger partial charge in [-0.2, -0.15) is 0 Å². The molecule has 0 atom stereocenters. The SMILES string of the molecule is COc1ccc(OC)c(Nc2cc(Nc3cccc(NC(C)=O)c3)ncn2)c1. The van der Waals surface area contributed by atoms with E-state index in [0.717, 1.165) is 11.4 Å². The number of methoxy groups -OCH3 is 2. The molecule has 0 aliphatic heterocycles. The second-order valence-electron chi connectivity index (χ2n) is 5.87. The van der Waals surface area contributed by atoms with Crippen molar-refractivity contribution < 1.29 is 14.3 Å². The quantitative estimate of drug-likeness (QED) is 0.572. The maximum Gasteiger partial charge on any atom is 0.221 e. The van der Waals surface area contributed by atoms with Crippen molar-refractivity contribution in [2.45, 2.75) is 6.92 Å². The van der Waals surface area contributed by atoms with E-state index in [9.17, 15) is 4.79 Å². The first-order chi connectivity index (χ1) is 13.6. The van der Waals surface area contributed by atoms with Gasteiger partial charge in [0.05, 0.1) is 19.9 Å². The summed E-state index contributed by atoms with van der Waals surface area (Å²) in [4.78, 5) is 19.7. The van der Waals surface area contributed by atoms with E-state index >= 15 is 0 Å². The zero-order valence-corrected chi connectivity index (χ0v) is 15.8. The summed E-state index contributed by atoms with van der Waals surface area (Å²) in [6.07, 6.45) is 1.45. The Morgan fingerprint density at radius 2 is 1.64 bits per heavy atom. The minimum absolute atomic E-state index is 0.127. The van der Waals surface area contributed by atoms with Crippen molar-refractivity contribution >= 4 is 34.6 Å². The Hall–Kier alpha value is -3.81. The van der Waals surface area contributed by atoms with Gasteiger partial charge in [-0.3, -0.25) is 4.79 Å². The van der Waals surface area contributed by atoms with E-state index in [1.54, 1.807) is 20.3 Å². The zero-order chi connectivity index (χ0) is 19.9. The van der Waals surface area contributed by atoms with Crippen LogP contribution in [-0.2, 0) is 4.79 Å². The monoisotopic (exact) mass is 379 g/mol. The number of nitrogens with zero attached hydrogens (tertiary/aromatic N) is 2. The van der Waals surface area contributed by atoms with Crippen LogP contribution in [0.5, 0.6) is 11.5 Å². The molecule has 0 fully saturated rings. The third-order valence-electron chi connectivity index (χ3n) is 3.79. The fraction of sp³-hybridized carbons (Fsp3) is 0.150. The van der Waals surface area contributed by atoms with Crippen molar-refractivity contribution in [3.8, 4) is 11.5 Å². The molecule has 1 aromatic heterocycles. The Labute approximate surface area is 162 Å². The number of nitrogens with one attached hydrogen (secondary N) is 3. The van der Waals surface area contributed by atoms with Crippen LogP contribution in [0.25, 0.3) is 0 Å². The molecule has 0 bridgehead atoms. The van der Waals surface area contributed by atoms with E-state index in [1.807, 2.05) is 42.5 Å². The predicted octanol–water partition coefficient (Wildman–Crippen LogP) is 3.94. The van der Waals surface area contributed by atoms with Gasteiger partial charge in [0.15, 0.2) is 0 Å². The lowest BCUT2D eigenvalue weighted by Gasteiger charge is -2.13. The van der Waals surface area contributed by atoms with Crippen molar-refractivity contribution in [2.24, 2.45) is 0 Å². The van der Waals surface area contributed by atoms with Gasteiger partial charge in [-0.05, 0) is 30.3 Å². The molecule has 0 spiro atoms. The van der Waals surface area contributed by atoms with E-state index in [1.165, 1.54) is 13.3 Å². The molecule has 0 aliphatic carbocycles. The molecule has 1 heterocycles. The van der Waals surface area contributed by atoms with Crippen LogP contribution < -0.4 is 25.4 Å². The summed E-state index contributed by atoms with van der Waals surface area (Å²) in [6.45, 7) is 1.47. The minimum atomic E-state index is -0.127. The molecule has 3 N–H and O–H groups in total. The number of hydrogen-bond acceptors (Lipinski definition) is 7. The number of ether oxygens (including phenoxy) is 2. The summed E-state index contributed by atoms with van der Waals surface area (Å²) in [5.41, 5.74) is 2.21. The second kappa shape index (κ2) is 8.72. The number of carbonyl (C=O) groups is 1. The number of amides is 1. The smallest absolute Gasteiger partial charge is 0.221 e. The van der Waals surface area contributed by atoms with Gasteiger partial charge in [0.1, 0.15) is 29.5 Å². The average Bonchev–Trinajstić information content (AvgIpc) is 2.68. The Morgan fingerprint density at radius 1 is 0.893 bits per heavy atom. The van der Waals surface area contributed by atoms with Crippen molar-refractivity contribution in [1.82, 2.24) is 9.97 Å². The fourth-order valence-corrected chi connectivity index (χ4v) is 2.57. The third kappa shape index (κ3) is 4.88. The van der Waals surface area contributed by atoms with Crippen LogP contribution in [0, 0.1) is 0 Å². The molecule has 8 nitrogen and oxygen atoms in total. The minimum Gasteiger partial charge on any atom is -0.497 e. The Morgan fingerprint density at radius 3 is 2.36 bits per heavy atom. The zero-order valence-electron chi connectivity index (χ0n) is 15.8. The summed E-state index contributed by atoms with van der Waals surface area (Å²) in [5.74, 6) is 2.42. The first-order valence-corrected chi connectivity index (χ1v) is 8.53. The van der Waals surface area contributed by atoms with Gasteiger partial charge in [0.25, 0.3) is 0 Å². The molecule has 0 saturated heterocycles. The van der Waals surface area contributed by atoms with E-state index < -0.39 is 0 Å². The topological polar surface area (TPSA) is 97.4 Å². The Bertz CT molecular complexity index is 978. The maximum absolute atomic E-state index is 11.2. The highest BCUT2D eigenvalue weighted by atomic mass is 16.5. The van der Waals surface area contributed by atoms with Crippen LogP contribution >= 0.6 is 0 Å². The molecule has 3 rings (SSSR count). The van der Waals surface area contributed by atoms with Crippen LogP contribution in [-0.4, -0.2) is 30.1 Å². The van der Waals surface area contributed by atoms with Crippen molar-refractivity contribution in [3.63, 3.8) is 0 Å². The molecule has 2 aromatic carbocycles. The van der Waals surface area contributed by atoms with Crippen LogP contribution in [0.4, 0.5) is 28.7 Å². The molecule has 0 aliphatic rings. The van der Waals surface area contributed by atoms with Crippen molar-refractivity contribution in [3.05, 3.63) is 54.9 Å². The van der Waals surface area contributed by atoms with Gasteiger partial charge in [-0.1, -0.05) is 6.07 Å². The average molecular weight is 379 g/mol. The molecule has 3 aromatic rings. The molecular weight excluding hydrogens is 358 g/mol. The van der Waals surface area contributed by atoms with Gasteiger partial charge < -0.3 is 25.4 Å². The normalized spacial score (nSPS) is 10.1. The number of aromatic nitrogens is 2. The summed E-state index contributed by atoms with van der Waals surface area (Å²) >= 11 is 0.